The van der Waals surface area contributed by atoms with Crippen LogP contribution >= 0.6 is 23.1 Å². The van der Waals surface area contributed by atoms with Gasteiger partial charge in [-0.3, -0.25) is 0 Å². The Morgan fingerprint density at radius 2 is 2.09 bits per heavy atom. The van der Waals surface area contributed by atoms with Gasteiger partial charge < -0.3 is 10.1 Å². The molecule has 9 heteroatoms. The molecule has 22 heavy (non-hydrogen) atoms. The van der Waals surface area contributed by atoms with Crippen molar-refractivity contribution in [3.63, 3.8) is 0 Å². The highest BCUT2D eigenvalue weighted by molar-refractivity contribution is 8.00. The Morgan fingerprint density at radius 3 is 2.77 bits per heavy atom. The molecule has 120 valence electrons. The summed E-state index contributed by atoms with van der Waals surface area (Å²) in [5.41, 5.74) is 2.12. The number of anilines is 1. The van der Waals surface area contributed by atoms with E-state index < -0.39 is 12.7 Å². The van der Waals surface area contributed by atoms with Gasteiger partial charge >= 0.3 is 6.18 Å². The van der Waals surface area contributed by atoms with E-state index in [0.29, 0.717) is 10.1 Å². The van der Waals surface area contributed by atoms with Crippen LogP contribution in [0.15, 0.2) is 22.5 Å². The number of hydrogen-bond acceptors (Lipinski definition) is 6. The third-order valence-corrected chi connectivity index (χ3v) is 4.70. The summed E-state index contributed by atoms with van der Waals surface area (Å²) in [6, 6.07) is 5.86. The highest BCUT2D eigenvalue weighted by Crippen LogP contribution is 2.32. The van der Waals surface area contributed by atoms with Gasteiger partial charge in [-0.15, -0.1) is 10.2 Å². The summed E-state index contributed by atoms with van der Waals surface area (Å²) >= 11 is 2.51. The van der Waals surface area contributed by atoms with Gasteiger partial charge in [0.25, 0.3) is 0 Å². The minimum Gasteiger partial charge on any atom is -0.496 e. The molecule has 0 saturated heterocycles. The van der Waals surface area contributed by atoms with Crippen molar-refractivity contribution in [2.75, 3.05) is 19.0 Å². The highest BCUT2D eigenvalue weighted by Gasteiger charge is 2.27. The van der Waals surface area contributed by atoms with Crippen molar-refractivity contribution in [3.05, 3.63) is 29.3 Å². The van der Waals surface area contributed by atoms with Crippen LogP contribution < -0.4 is 10.1 Å². The summed E-state index contributed by atoms with van der Waals surface area (Å²) in [6.45, 7) is 0.871. The van der Waals surface area contributed by atoms with Crippen molar-refractivity contribution in [2.24, 2.45) is 0 Å². The first-order chi connectivity index (χ1) is 10.4. The molecule has 1 aromatic heterocycles. The molecule has 0 fully saturated rings. The van der Waals surface area contributed by atoms with Gasteiger partial charge in [-0.25, -0.2) is 0 Å². The standard InChI is InChI=1S/C13H14F3N3OS2/c1-8-3-4-10(20-2)9(5-8)6-21-12-19-18-11(22-12)17-7-13(14,15)16/h3-5H,6-7H2,1-2H3,(H,17,18). The quantitative estimate of drug-likeness (QED) is 0.795. The number of aryl methyl sites for hydroxylation is 1. The fourth-order valence-corrected chi connectivity index (χ4v) is 3.40. The summed E-state index contributed by atoms with van der Waals surface area (Å²) in [7, 11) is 1.60. The first kappa shape index (κ1) is 16.9. The first-order valence-corrected chi connectivity index (χ1v) is 8.08. The molecule has 2 rings (SSSR count). The van der Waals surface area contributed by atoms with Crippen LogP contribution in [0, 0.1) is 6.92 Å². The largest absolute Gasteiger partial charge is 0.496 e. The fourth-order valence-electron chi connectivity index (χ4n) is 1.68. The Balaban J connectivity index is 1.95. The number of thioether (sulfide) groups is 1. The van der Waals surface area contributed by atoms with Crippen LogP contribution in [0.5, 0.6) is 5.75 Å². The molecule has 0 aliphatic rings. The number of methoxy groups -OCH3 is 1. The Hall–Kier alpha value is -1.48. The number of alkyl halides is 3. The molecule has 2 aromatic rings. The lowest BCUT2D eigenvalue weighted by Gasteiger charge is -2.08. The van der Waals surface area contributed by atoms with E-state index in [2.05, 4.69) is 15.5 Å². The van der Waals surface area contributed by atoms with E-state index in [1.807, 2.05) is 25.1 Å². The summed E-state index contributed by atoms with van der Waals surface area (Å²) < 4.78 is 42.2. The first-order valence-electron chi connectivity index (χ1n) is 6.28. The van der Waals surface area contributed by atoms with Gasteiger partial charge in [-0.05, 0) is 13.0 Å². The number of nitrogens with one attached hydrogen (secondary N) is 1. The van der Waals surface area contributed by atoms with Crippen LogP contribution in [0.3, 0.4) is 0 Å². The van der Waals surface area contributed by atoms with Gasteiger partial charge in [0, 0.05) is 11.3 Å². The second-order valence-electron chi connectivity index (χ2n) is 4.45. The third kappa shape index (κ3) is 5.06. The number of ether oxygens (including phenoxy) is 1. The predicted molar refractivity (Wildman–Crippen MR) is 81.7 cm³/mol. The molecule has 4 nitrogen and oxygen atoms in total. The molecule has 1 N–H and O–H groups in total. The van der Waals surface area contributed by atoms with Crippen LogP contribution in [0.25, 0.3) is 0 Å². The minimum atomic E-state index is -4.27. The van der Waals surface area contributed by atoms with Crippen molar-refractivity contribution in [1.29, 1.82) is 0 Å². The van der Waals surface area contributed by atoms with Gasteiger partial charge in [0.05, 0.1) is 7.11 Å². The summed E-state index contributed by atoms with van der Waals surface area (Å²) in [5, 5.41) is 9.95. The molecule has 1 heterocycles. The average molecular weight is 349 g/mol. The van der Waals surface area contributed by atoms with E-state index in [0.717, 1.165) is 28.2 Å². The van der Waals surface area contributed by atoms with Crippen LogP contribution in [0.4, 0.5) is 18.3 Å². The molecule has 0 atom stereocenters. The Morgan fingerprint density at radius 1 is 1.32 bits per heavy atom. The van der Waals surface area contributed by atoms with Crippen LogP contribution in [0.1, 0.15) is 11.1 Å². The number of rotatable bonds is 6. The van der Waals surface area contributed by atoms with E-state index in [1.54, 1.807) is 7.11 Å². The van der Waals surface area contributed by atoms with Crippen molar-refractivity contribution < 1.29 is 17.9 Å². The van der Waals surface area contributed by atoms with E-state index in [9.17, 15) is 13.2 Å². The SMILES string of the molecule is COc1ccc(C)cc1CSc1nnc(NCC(F)(F)F)s1. The molecular weight excluding hydrogens is 335 g/mol. The summed E-state index contributed by atoms with van der Waals surface area (Å²) in [5.74, 6) is 1.39. The topological polar surface area (TPSA) is 47.0 Å². The number of hydrogen-bond donors (Lipinski definition) is 1. The Labute approximate surface area is 134 Å². The van der Waals surface area contributed by atoms with Crippen molar-refractivity contribution >= 4 is 28.2 Å². The number of halogens is 3. The van der Waals surface area contributed by atoms with Crippen LogP contribution in [-0.4, -0.2) is 30.0 Å². The number of nitrogens with zero attached hydrogens (tertiary/aromatic N) is 2. The smallest absolute Gasteiger partial charge is 0.405 e. The fraction of sp³-hybridized carbons (Fsp3) is 0.385. The Bertz CT molecular complexity index is 631. The molecule has 0 spiro atoms. The maximum atomic E-state index is 12.1. The lowest BCUT2D eigenvalue weighted by atomic mass is 10.1. The minimum absolute atomic E-state index is 0.163. The second-order valence-corrected chi connectivity index (χ2v) is 6.65. The summed E-state index contributed by atoms with van der Waals surface area (Å²) in [6.07, 6.45) is -4.27. The van der Waals surface area contributed by atoms with Crippen molar-refractivity contribution in [3.8, 4) is 5.75 Å². The zero-order valence-corrected chi connectivity index (χ0v) is 13.5. The normalized spacial score (nSPS) is 11.5. The van der Waals surface area contributed by atoms with Gasteiger partial charge in [-0.2, -0.15) is 13.2 Å². The molecule has 0 unspecified atom stereocenters. The number of benzene rings is 1. The van der Waals surface area contributed by atoms with Crippen molar-refractivity contribution in [2.45, 2.75) is 23.2 Å². The molecule has 0 amide bonds. The summed E-state index contributed by atoms with van der Waals surface area (Å²) in [4.78, 5) is 0. The van der Waals surface area contributed by atoms with Gasteiger partial charge in [0.2, 0.25) is 5.13 Å². The molecule has 0 radical (unpaired) electrons. The Kier molecular flexibility index (Phi) is 5.52. The van der Waals surface area contributed by atoms with Crippen molar-refractivity contribution in [1.82, 2.24) is 10.2 Å². The highest BCUT2D eigenvalue weighted by atomic mass is 32.2. The number of aromatic nitrogens is 2. The molecule has 0 bridgehead atoms. The van der Waals surface area contributed by atoms with Crippen LogP contribution in [0.2, 0.25) is 0 Å². The molecule has 0 aliphatic carbocycles. The predicted octanol–water partition coefficient (Wildman–Crippen LogP) is 4.12. The third-order valence-electron chi connectivity index (χ3n) is 2.63. The van der Waals surface area contributed by atoms with Crippen LogP contribution in [-0.2, 0) is 5.75 Å². The van der Waals surface area contributed by atoms with E-state index in [-0.39, 0.29) is 5.13 Å². The zero-order valence-electron chi connectivity index (χ0n) is 11.9. The average Bonchev–Trinajstić information content (AvgIpc) is 2.90. The maximum Gasteiger partial charge on any atom is 0.405 e. The second kappa shape index (κ2) is 7.19. The molecule has 0 saturated carbocycles. The van der Waals surface area contributed by atoms with E-state index in [4.69, 9.17) is 4.74 Å². The lowest BCUT2D eigenvalue weighted by Crippen LogP contribution is -2.21. The molecule has 0 aliphatic heterocycles. The molecule has 1 aromatic carbocycles. The van der Waals surface area contributed by atoms with Gasteiger partial charge in [0.1, 0.15) is 12.3 Å². The van der Waals surface area contributed by atoms with E-state index in [1.165, 1.54) is 11.8 Å². The lowest BCUT2D eigenvalue weighted by molar-refractivity contribution is -0.115. The molecular formula is C13H14F3N3OS2. The zero-order chi connectivity index (χ0) is 16.2. The van der Waals surface area contributed by atoms with E-state index >= 15 is 0 Å². The van der Waals surface area contributed by atoms with Gasteiger partial charge in [0.15, 0.2) is 4.34 Å². The van der Waals surface area contributed by atoms with Gasteiger partial charge in [-0.1, -0.05) is 40.8 Å². The monoisotopic (exact) mass is 349 g/mol. The maximum absolute atomic E-state index is 12.1.